The van der Waals surface area contributed by atoms with E-state index in [1.165, 1.54) is 5.56 Å². The van der Waals surface area contributed by atoms with E-state index in [1.54, 1.807) is 7.11 Å². The quantitative estimate of drug-likeness (QED) is 0.749. The second kappa shape index (κ2) is 10.5. The maximum Gasteiger partial charge on any atom is 0.315 e. The average Bonchev–Trinajstić information content (AvgIpc) is 2.78. The van der Waals surface area contributed by atoms with Crippen LogP contribution in [-0.2, 0) is 17.9 Å². The molecule has 1 heterocycles. The summed E-state index contributed by atoms with van der Waals surface area (Å²) in [5.74, 6) is 0.799. The molecule has 3 amide bonds. The van der Waals surface area contributed by atoms with Gasteiger partial charge in [0.25, 0.3) is 0 Å². The second-order valence-electron chi connectivity index (χ2n) is 7.03. The van der Waals surface area contributed by atoms with Crippen molar-refractivity contribution in [3.05, 3.63) is 65.7 Å². The van der Waals surface area contributed by atoms with E-state index in [0.717, 1.165) is 30.9 Å². The van der Waals surface area contributed by atoms with E-state index in [1.807, 2.05) is 47.4 Å². The van der Waals surface area contributed by atoms with Gasteiger partial charge in [-0.15, -0.1) is 0 Å². The van der Waals surface area contributed by atoms with Crippen molar-refractivity contribution in [3.63, 3.8) is 0 Å². The molecule has 154 valence electrons. The summed E-state index contributed by atoms with van der Waals surface area (Å²) in [6, 6.07) is 17.4. The van der Waals surface area contributed by atoms with Crippen molar-refractivity contribution in [1.82, 2.24) is 20.4 Å². The molecule has 1 saturated heterocycles. The summed E-state index contributed by atoms with van der Waals surface area (Å²) < 4.78 is 5.18. The number of nitrogens with one attached hydrogen (secondary N) is 2. The number of urea groups is 1. The molecular weight excluding hydrogens is 368 g/mol. The molecule has 2 aromatic carbocycles. The number of methoxy groups -OCH3 is 1. The van der Waals surface area contributed by atoms with Gasteiger partial charge >= 0.3 is 6.03 Å². The summed E-state index contributed by atoms with van der Waals surface area (Å²) in [7, 11) is 1.66. The normalized spacial score (nSPS) is 14.3. The van der Waals surface area contributed by atoms with Crippen LogP contribution in [0.25, 0.3) is 0 Å². The molecule has 7 heteroatoms. The Hall–Kier alpha value is -3.06. The number of carbonyl (C=O) groups is 2. The molecule has 3 rings (SSSR count). The van der Waals surface area contributed by atoms with Gasteiger partial charge in [-0.3, -0.25) is 9.69 Å². The molecule has 0 radical (unpaired) electrons. The van der Waals surface area contributed by atoms with Gasteiger partial charge in [0.1, 0.15) is 5.75 Å². The van der Waals surface area contributed by atoms with E-state index in [-0.39, 0.29) is 18.5 Å². The summed E-state index contributed by atoms with van der Waals surface area (Å²) in [4.78, 5) is 28.4. The molecule has 0 saturated carbocycles. The minimum absolute atomic E-state index is 0.0130. The van der Waals surface area contributed by atoms with E-state index in [0.29, 0.717) is 19.6 Å². The SMILES string of the molecule is COc1ccc(CN2CCN(C(=O)CNC(=O)NCc3ccccc3)CC2)cc1. The number of amides is 3. The molecule has 29 heavy (non-hydrogen) atoms. The molecule has 0 atom stereocenters. The highest BCUT2D eigenvalue weighted by molar-refractivity contribution is 5.84. The number of carbonyl (C=O) groups excluding carboxylic acids is 2. The fourth-order valence-corrected chi connectivity index (χ4v) is 3.25. The molecule has 0 aromatic heterocycles. The first-order valence-electron chi connectivity index (χ1n) is 9.83. The van der Waals surface area contributed by atoms with Crippen molar-refractivity contribution in [2.24, 2.45) is 0 Å². The van der Waals surface area contributed by atoms with Crippen LogP contribution in [0.1, 0.15) is 11.1 Å². The number of nitrogens with zero attached hydrogens (tertiary/aromatic N) is 2. The van der Waals surface area contributed by atoms with Crippen molar-refractivity contribution in [1.29, 1.82) is 0 Å². The number of piperazine rings is 1. The van der Waals surface area contributed by atoms with Crippen LogP contribution in [0.5, 0.6) is 5.75 Å². The zero-order valence-electron chi connectivity index (χ0n) is 16.8. The number of hydrogen-bond acceptors (Lipinski definition) is 4. The molecule has 0 unspecified atom stereocenters. The Kier molecular flexibility index (Phi) is 7.47. The lowest BCUT2D eigenvalue weighted by molar-refractivity contribution is -0.131. The van der Waals surface area contributed by atoms with Crippen molar-refractivity contribution in [2.75, 3.05) is 39.8 Å². The van der Waals surface area contributed by atoms with E-state index < -0.39 is 0 Å². The first kappa shape index (κ1) is 20.7. The number of hydrogen-bond donors (Lipinski definition) is 2. The Morgan fingerprint density at radius 2 is 1.59 bits per heavy atom. The van der Waals surface area contributed by atoms with E-state index >= 15 is 0 Å². The molecule has 2 N–H and O–H groups in total. The van der Waals surface area contributed by atoms with Gasteiger partial charge in [0.05, 0.1) is 13.7 Å². The predicted molar refractivity (Wildman–Crippen MR) is 112 cm³/mol. The van der Waals surface area contributed by atoms with Crippen LogP contribution >= 0.6 is 0 Å². The average molecular weight is 396 g/mol. The van der Waals surface area contributed by atoms with Gasteiger partial charge < -0.3 is 20.3 Å². The summed E-state index contributed by atoms with van der Waals surface area (Å²) in [5, 5.41) is 5.41. The summed E-state index contributed by atoms with van der Waals surface area (Å²) >= 11 is 0. The van der Waals surface area contributed by atoms with Gasteiger partial charge in [-0.25, -0.2) is 4.79 Å². The minimum Gasteiger partial charge on any atom is -0.497 e. The number of benzene rings is 2. The number of rotatable bonds is 7. The fourth-order valence-electron chi connectivity index (χ4n) is 3.25. The van der Waals surface area contributed by atoms with Crippen molar-refractivity contribution in [2.45, 2.75) is 13.1 Å². The van der Waals surface area contributed by atoms with E-state index in [9.17, 15) is 9.59 Å². The summed E-state index contributed by atoms with van der Waals surface area (Å²) in [6.07, 6.45) is 0. The fraction of sp³-hybridized carbons (Fsp3) is 0.364. The first-order valence-corrected chi connectivity index (χ1v) is 9.83. The van der Waals surface area contributed by atoms with Crippen LogP contribution < -0.4 is 15.4 Å². The van der Waals surface area contributed by atoms with Gasteiger partial charge in [0, 0.05) is 39.3 Å². The molecular formula is C22H28N4O3. The van der Waals surface area contributed by atoms with E-state index in [4.69, 9.17) is 4.74 Å². The maximum atomic E-state index is 12.4. The Bertz CT molecular complexity index is 787. The van der Waals surface area contributed by atoms with Gasteiger partial charge in [-0.1, -0.05) is 42.5 Å². The largest absolute Gasteiger partial charge is 0.497 e. The third kappa shape index (κ3) is 6.50. The summed E-state index contributed by atoms with van der Waals surface area (Å²) in [6.45, 7) is 4.27. The minimum atomic E-state index is -0.333. The highest BCUT2D eigenvalue weighted by Crippen LogP contribution is 2.14. The molecule has 0 spiro atoms. The molecule has 0 bridgehead atoms. The maximum absolute atomic E-state index is 12.4. The molecule has 1 fully saturated rings. The first-order chi connectivity index (χ1) is 14.1. The molecule has 1 aliphatic heterocycles. The molecule has 2 aromatic rings. The van der Waals surface area contributed by atoms with Crippen molar-refractivity contribution >= 4 is 11.9 Å². The highest BCUT2D eigenvalue weighted by Gasteiger charge is 2.21. The van der Waals surface area contributed by atoms with Crippen LogP contribution in [0.2, 0.25) is 0 Å². The Balaban J connectivity index is 1.34. The van der Waals surface area contributed by atoms with Gasteiger partial charge in [0.2, 0.25) is 5.91 Å². The molecule has 0 aliphatic carbocycles. The van der Waals surface area contributed by atoms with Crippen LogP contribution in [-0.4, -0.2) is 61.6 Å². The third-order valence-electron chi connectivity index (χ3n) is 4.99. The van der Waals surface area contributed by atoms with Gasteiger partial charge in [-0.2, -0.15) is 0 Å². The molecule has 1 aliphatic rings. The van der Waals surface area contributed by atoms with Crippen LogP contribution in [0.15, 0.2) is 54.6 Å². The highest BCUT2D eigenvalue weighted by atomic mass is 16.5. The second-order valence-corrected chi connectivity index (χ2v) is 7.03. The lowest BCUT2D eigenvalue weighted by atomic mass is 10.2. The monoisotopic (exact) mass is 396 g/mol. The van der Waals surface area contributed by atoms with E-state index in [2.05, 4.69) is 27.7 Å². The Morgan fingerprint density at radius 1 is 0.897 bits per heavy atom. The predicted octanol–water partition coefficient (Wildman–Crippen LogP) is 1.84. The topological polar surface area (TPSA) is 73.9 Å². The van der Waals surface area contributed by atoms with Crippen LogP contribution in [0.3, 0.4) is 0 Å². The summed E-state index contributed by atoms with van der Waals surface area (Å²) in [5.41, 5.74) is 2.24. The van der Waals surface area contributed by atoms with Crippen molar-refractivity contribution in [3.8, 4) is 5.75 Å². The number of ether oxygens (including phenoxy) is 1. The Labute approximate surface area is 171 Å². The van der Waals surface area contributed by atoms with Crippen molar-refractivity contribution < 1.29 is 14.3 Å². The van der Waals surface area contributed by atoms with Gasteiger partial charge in [-0.05, 0) is 23.3 Å². The zero-order valence-corrected chi connectivity index (χ0v) is 16.8. The smallest absolute Gasteiger partial charge is 0.315 e. The zero-order chi connectivity index (χ0) is 20.5. The Morgan fingerprint density at radius 3 is 2.24 bits per heavy atom. The standard InChI is InChI=1S/C22H28N4O3/c1-29-20-9-7-19(8-10-20)17-25-11-13-26(14-12-25)21(27)16-24-22(28)23-15-18-5-3-2-4-6-18/h2-10H,11-17H2,1H3,(H2,23,24,28). The molecule has 7 nitrogen and oxygen atoms in total. The lowest BCUT2D eigenvalue weighted by Crippen LogP contribution is -2.51. The van der Waals surface area contributed by atoms with Crippen LogP contribution in [0, 0.1) is 0 Å². The van der Waals surface area contributed by atoms with Crippen LogP contribution in [0.4, 0.5) is 4.79 Å². The third-order valence-corrected chi connectivity index (χ3v) is 4.99. The van der Waals surface area contributed by atoms with Gasteiger partial charge in [0.15, 0.2) is 0 Å². The lowest BCUT2D eigenvalue weighted by Gasteiger charge is -2.34.